The summed E-state index contributed by atoms with van der Waals surface area (Å²) in [7, 11) is -1.75. The fourth-order valence-electron chi connectivity index (χ4n) is 1.77. The first-order chi connectivity index (χ1) is 9.42. The number of hydrogen-bond acceptors (Lipinski definition) is 4. The van der Waals surface area contributed by atoms with Crippen molar-refractivity contribution in [2.75, 3.05) is 19.8 Å². The minimum Gasteiger partial charge on any atom is -0.432 e. The molecule has 6 heteroatoms. The van der Waals surface area contributed by atoms with Gasteiger partial charge >= 0.3 is 0 Å². The Morgan fingerprint density at radius 2 is 0.714 bits per heavy atom. The predicted octanol–water partition coefficient (Wildman–Crippen LogP) is 3.15. The summed E-state index contributed by atoms with van der Waals surface area (Å²) in [6.45, 7) is 12.3. The monoisotopic (exact) mass is 360 g/mol. The minimum absolute atomic E-state index is 0. The van der Waals surface area contributed by atoms with E-state index in [-0.39, 0.29) is 41.5 Å². The molecular weight excluding hydrogens is 320 g/mol. The Bertz CT molecular complexity index is 119. The molecule has 0 rings (SSSR count). The van der Waals surface area contributed by atoms with E-state index in [9.17, 15) is 4.80 Å². The van der Waals surface area contributed by atoms with Crippen LogP contribution in [0.2, 0.25) is 18.1 Å². The van der Waals surface area contributed by atoms with Crippen molar-refractivity contribution in [1.29, 1.82) is 0 Å². The van der Waals surface area contributed by atoms with Gasteiger partial charge in [-0.15, -0.1) is 0 Å². The molecule has 0 aromatic rings. The third-order valence-electron chi connectivity index (χ3n) is 2.15. The van der Waals surface area contributed by atoms with Crippen LogP contribution in [0.1, 0.15) is 60.8 Å². The fourth-order valence-corrected chi connectivity index (χ4v) is 5.31. The van der Waals surface area contributed by atoms with Crippen LogP contribution in [-0.4, -0.2) is 48.3 Å². The molecule has 0 atom stereocenters. The molecule has 0 bridgehead atoms. The summed E-state index contributed by atoms with van der Waals surface area (Å²) in [5.74, 6) is 0. The molecule has 4 N–H and O–H groups in total. The van der Waals surface area contributed by atoms with Gasteiger partial charge in [-0.3, -0.25) is 0 Å². The van der Waals surface area contributed by atoms with Gasteiger partial charge in [0.15, 0.2) is 8.32 Å². The first kappa shape index (κ1) is 33.4. The van der Waals surface area contributed by atoms with Crippen LogP contribution in [0.15, 0.2) is 0 Å². The molecule has 0 spiro atoms. The quantitative estimate of drug-likeness (QED) is 0.549. The van der Waals surface area contributed by atoms with Crippen molar-refractivity contribution >= 4 is 8.32 Å². The molecule has 21 heavy (non-hydrogen) atoms. The van der Waals surface area contributed by atoms with Crippen molar-refractivity contribution < 1.29 is 41.8 Å². The van der Waals surface area contributed by atoms with Crippen LogP contribution in [0, 0.1) is 0 Å². The van der Waals surface area contributed by atoms with Gasteiger partial charge in [0.1, 0.15) is 0 Å². The molecule has 0 radical (unpaired) electrons. The van der Waals surface area contributed by atoms with Crippen LogP contribution in [0.4, 0.5) is 0 Å². The maximum atomic E-state index is 10.2. The van der Waals surface area contributed by atoms with Crippen molar-refractivity contribution in [2.24, 2.45) is 0 Å². The van der Waals surface area contributed by atoms with Crippen LogP contribution in [0.3, 0.4) is 0 Å². The van der Waals surface area contributed by atoms with Crippen molar-refractivity contribution in [3.05, 3.63) is 0 Å². The van der Waals surface area contributed by atoms with Gasteiger partial charge in [-0.05, 0) is 38.9 Å². The second-order valence-corrected chi connectivity index (χ2v) is 8.37. The first-order valence-corrected chi connectivity index (χ1v) is 10.5. The first-order valence-electron chi connectivity index (χ1n) is 7.98. The second kappa shape index (κ2) is 32.6. The maximum Gasteiger partial charge on any atom is 0.188 e. The van der Waals surface area contributed by atoms with E-state index < -0.39 is 8.32 Å². The second-order valence-electron chi connectivity index (χ2n) is 4.42. The molecule has 0 unspecified atom stereocenters. The number of rotatable bonds is 6. The smallest absolute Gasteiger partial charge is 0.188 e. The van der Waals surface area contributed by atoms with E-state index in [0.29, 0.717) is 0 Å². The van der Waals surface area contributed by atoms with E-state index in [2.05, 4.69) is 20.8 Å². The summed E-state index contributed by atoms with van der Waals surface area (Å²) in [5.41, 5.74) is 0. The summed E-state index contributed by atoms with van der Waals surface area (Å²) in [6, 6.07) is 3.32. The Morgan fingerprint density at radius 3 is 0.810 bits per heavy atom. The summed E-state index contributed by atoms with van der Waals surface area (Å²) in [6.07, 6.45) is 3.47. The van der Waals surface area contributed by atoms with Crippen molar-refractivity contribution in [3.63, 3.8) is 0 Å². The Morgan fingerprint density at radius 1 is 0.571 bits per heavy atom. The maximum absolute atomic E-state index is 10.2. The summed E-state index contributed by atoms with van der Waals surface area (Å²) in [4.78, 5) is 10.2. The van der Waals surface area contributed by atoms with Gasteiger partial charge in [-0.2, -0.15) is 0 Å². The summed E-state index contributed by atoms with van der Waals surface area (Å²) < 4.78 is 0. The fraction of sp³-hybridized carbons (Fsp3) is 1.00. The van der Waals surface area contributed by atoms with Crippen LogP contribution in [-0.2, 0) is 21.7 Å². The minimum atomic E-state index is -1.75. The average molecular weight is 360 g/mol. The third kappa shape index (κ3) is 44.9. The van der Waals surface area contributed by atoms with Crippen LogP contribution < -0.4 is 0 Å². The normalized spacial score (nSPS) is 8.86. The Hall–Kier alpha value is 0.771. The number of aliphatic hydroxyl groups excluding tert-OH is 3. The molecular formula is C15H40O4SiTi. The molecule has 0 aliphatic rings. The molecule has 0 heterocycles. The molecule has 0 saturated heterocycles. The Labute approximate surface area is 149 Å². The van der Waals surface area contributed by atoms with Gasteiger partial charge < -0.3 is 20.1 Å². The van der Waals surface area contributed by atoms with Gasteiger partial charge in [0, 0.05) is 41.5 Å². The zero-order chi connectivity index (χ0) is 16.9. The van der Waals surface area contributed by atoms with E-state index in [1.165, 1.54) is 0 Å². The van der Waals surface area contributed by atoms with E-state index in [1.807, 2.05) is 0 Å². The van der Waals surface area contributed by atoms with Crippen LogP contribution in [0.25, 0.3) is 0 Å². The molecule has 0 aliphatic heterocycles. The van der Waals surface area contributed by atoms with Gasteiger partial charge in [0.2, 0.25) is 0 Å². The van der Waals surface area contributed by atoms with E-state index in [0.717, 1.165) is 37.4 Å². The largest absolute Gasteiger partial charge is 0.432 e. The number of aliphatic hydroxyl groups is 3. The third-order valence-corrected chi connectivity index (χ3v) is 6.44. The Kier molecular flexibility index (Phi) is 51.9. The molecule has 0 amide bonds. The molecule has 4 nitrogen and oxygen atoms in total. The topological polar surface area (TPSA) is 80.9 Å². The van der Waals surface area contributed by atoms with Gasteiger partial charge in [0.25, 0.3) is 0 Å². The SMILES string of the molecule is CCC[Si](O)(CCC)CCC.CCO.CCO.CCO.[Ti]. The van der Waals surface area contributed by atoms with Crippen molar-refractivity contribution in [3.8, 4) is 0 Å². The zero-order valence-corrected chi connectivity index (χ0v) is 17.7. The standard InChI is InChI=1S/C9H22OSi.3C2H6O.Ti/c1-4-7-11(10,8-5-2)9-6-3;3*1-2-3;/h10H,4-9H2,1-3H3;3*3H,2H2,1H3;. The average Bonchev–Trinajstić information content (AvgIpc) is 2.32. The molecule has 132 valence electrons. The van der Waals surface area contributed by atoms with E-state index in [1.54, 1.807) is 20.8 Å². The van der Waals surface area contributed by atoms with E-state index >= 15 is 0 Å². The summed E-state index contributed by atoms with van der Waals surface area (Å²) in [5, 5.41) is 22.7. The molecule has 0 aliphatic carbocycles. The Balaban J connectivity index is -0.0000000711. The van der Waals surface area contributed by atoms with Crippen molar-refractivity contribution in [2.45, 2.75) is 78.9 Å². The molecule has 0 saturated carbocycles. The molecule has 0 aromatic heterocycles. The zero-order valence-electron chi connectivity index (χ0n) is 15.2. The summed E-state index contributed by atoms with van der Waals surface area (Å²) >= 11 is 0. The van der Waals surface area contributed by atoms with Gasteiger partial charge in [-0.1, -0.05) is 40.0 Å². The van der Waals surface area contributed by atoms with Crippen LogP contribution >= 0.6 is 0 Å². The van der Waals surface area contributed by atoms with Crippen LogP contribution in [0.5, 0.6) is 0 Å². The predicted molar refractivity (Wildman–Crippen MR) is 91.5 cm³/mol. The van der Waals surface area contributed by atoms with Gasteiger partial charge in [-0.25, -0.2) is 0 Å². The molecule has 0 fully saturated rings. The molecule has 0 aromatic carbocycles. The van der Waals surface area contributed by atoms with Crippen molar-refractivity contribution in [1.82, 2.24) is 0 Å². The number of hydrogen-bond donors (Lipinski definition) is 4. The van der Waals surface area contributed by atoms with E-state index in [4.69, 9.17) is 15.3 Å². The van der Waals surface area contributed by atoms with Gasteiger partial charge in [0.05, 0.1) is 0 Å².